The number of rotatable bonds is 2. The standard InChI is InChI=1S/C18H30N2O4/c1-12-6-8-17(23,9-7-12)11-20-13(21)18(19-14(20)22)10-15(2,3)24-16(18,4)5/h12,23H,6-11H2,1-5H3,(H,19,22)/t12?,17?,18-/m0/s1. The minimum Gasteiger partial charge on any atom is -0.388 e. The molecule has 24 heavy (non-hydrogen) atoms. The van der Waals surface area contributed by atoms with Crippen molar-refractivity contribution in [3.05, 3.63) is 0 Å². The maximum atomic E-state index is 13.2. The Balaban J connectivity index is 1.83. The summed E-state index contributed by atoms with van der Waals surface area (Å²) in [5, 5.41) is 13.7. The number of hydrogen-bond donors (Lipinski definition) is 2. The third kappa shape index (κ3) is 2.64. The van der Waals surface area contributed by atoms with Crippen LogP contribution in [0.2, 0.25) is 0 Å². The minimum atomic E-state index is -1.05. The van der Waals surface area contributed by atoms with Crippen molar-refractivity contribution < 1.29 is 19.4 Å². The second-order valence-electron chi connectivity index (χ2n) is 9.18. The lowest BCUT2D eigenvalue weighted by Crippen LogP contribution is -2.59. The van der Waals surface area contributed by atoms with Crippen LogP contribution in [0.5, 0.6) is 0 Å². The van der Waals surface area contributed by atoms with E-state index in [9.17, 15) is 14.7 Å². The zero-order valence-electron chi connectivity index (χ0n) is 15.4. The first-order valence-corrected chi connectivity index (χ1v) is 8.97. The van der Waals surface area contributed by atoms with Crippen molar-refractivity contribution in [2.24, 2.45) is 5.92 Å². The summed E-state index contributed by atoms with van der Waals surface area (Å²) in [5.41, 5.74) is -3.29. The summed E-state index contributed by atoms with van der Waals surface area (Å²) in [5.74, 6) is 0.317. The molecule has 0 aromatic heterocycles. The highest BCUT2D eigenvalue weighted by molar-refractivity contribution is 6.08. The minimum absolute atomic E-state index is 0.0721. The fraction of sp³-hybridized carbons (Fsp3) is 0.889. The number of β-amino-alcohol motifs (C(OH)–C–C–N with tert-alkyl or cyclic N) is 1. The van der Waals surface area contributed by atoms with Crippen molar-refractivity contribution in [2.45, 2.75) is 89.1 Å². The van der Waals surface area contributed by atoms with Crippen LogP contribution in [0.25, 0.3) is 0 Å². The monoisotopic (exact) mass is 338 g/mol. The molecular formula is C18H30N2O4. The van der Waals surface area contributed by atoms with Gasteiger partial charge in [0.2, 0.25) is 0 Å². The highest BCUT2D eigenvalue weighted by Gasteiger charge is 2.67. The predicted octanol–water partition coefficient (Wildman–Crippen LogP) is 2.20. The molecule has 6 heteroatoms. The first-order chi connectivity index (χ1) is 10.9. The number of amides is 3. The van der Waals surface area contributed by atoms with E-state index in [-0.39, 0.29) is 12.5 Å². The molecule has 1 saturated carbocycles. The molecule has 136 valence electrons. The van der Waals surface area contributed by atoms with Gasteiger partial charge in [-0.25, -0.2) is 4.79 Å². The van der Waals surface area contributed by atoms with Crippen LogP contribution in [0.15, 0.2) is 0 Å². The van der Waals surface area contributed by atoms with Gasteiger partial charge in [-0.2, -0.15) is 0 Å². The summed E-state index contributed by atoms with van der Waals surface area (Å²) >= 11 is 0. The quantitative estimate of drug-likeness (QED) is 0.757. The van der Waals surface area contributed by atoms with Crippen molar-refractivity contribution in [3.63, 3.8) is 0 Å². The molecule has 2 N–H and O–H groups in total. The zero-order valence-corrected chi connectivity index (χ0v) is 15.4. The molecule has 3 amide bonds. The lowest BCUT2D eigenvalue weighted by Gasteiger charge is -2.37. The van der Waals surface area contributed by atoms with Crippen LogP contribution in [0, 0.1) is 5.92 Å². The molecule has 6 nitrogen and oxygen atoms in total. The highest BCUT2D eigenvalue weighted by atomic mass is 16.5. The van der Waals surface area contributed by atoms with E-state index in [1.807, 2.05) is 27.7 Å². The second-order valence-corrected chi connectivity index (χ2v) is 9.18. The highest BCUT2D eigenvalue weighted by Crippen LogP contribution is 2.48. The summed E-state index contributed by atoms with van der Waals surface area (Å²) in [4.78, 5) is 26.9. The Morgan fingerprint density at radius 2 is 1.79 bits per heavy atom. The lowest BCUT2D eigenvalue weighted by atomic mass is 9.77. The first kappa shape index (κ1) is 17.7. The van der Waals surface area contributed by atoms with Gasteiger partial charge in [0.05, 0.1) is 23.3 Å². The van der Waals surface area contributed by atoms with Gasteiger partial charge in [-0.1, -0.05) is 6.92 Å². The molecule has 3 fully saturated rings. The Hall–Kier alpha value is -1.14. The van der Waals surface area contributed by atoms with Gasteiger partial charge in [-0.05, 0) is 59.3 Å². The average molecular weight is 338 g/mol. The summed E-state index contributed by atoms with van der Waals surface area (Å²) in [7, 11) is 0. The number of nitrogens with zero attached hydrogens (tertiary/aromatic N) is 1. The molecule has 1 atom stereocenters. The molecule has 3 aliphatic rings. The van der Waals surface area contributed by atoms with Gasteiger partial charge in [0, 0.05) is 6.42 Å². The number of hydrogen-bond acceptors (Lipinski definition) is 4. The van der Waals surface area contributed by atoms with Crippen LogP contribution in [0.4, 0.5) is 4.79 Å². The van der Waals surface area contributed by atoms with Crippen molar-refractivity contribution in [3.8, 4) is 0 Å². The topological polar surface area (TPSA) is 78.9 Å². The molecule has 1 spiro atoms. The average Bonchev–Trinajstić information content (AvgIpc) is 2.77. The van der Waals surface area contributed by atoms with E-state index in [4.69, 9.17) is 4.74 Å². The van der Waals surface area contributed by atoms with Crippen molar-refractivity contribution in [1.29, 1.82) is 0 Å². The maximum absolute atomic E-state index is 13.2. The van der Waals surface area contributed by atoms with Gasteiger partial charge in [0.1, 0.15) is 0 Å². The lowest BCUT2D eigenvalue weighted by molar-refractivity contribution is -0.141. The largest absolute Gasteiger partial charge is 0.388 e. The second kappa shape index (κ2) is 5.18. The molecule has 0 bridgehead atoms. The normalized spacial score (nSPS) is 41.1. The predicted molar refractivity (Wildman–Crippen MR) is 89.4 cm³/mol. The van der Waals surface area contributed by atoms with Gasteiger partial charge >= 0.3 is 6.03 Å². The SMILES string of the molecule is CC1CCC(O)(CN2C(=O)N[C@@]3(CC(C)(C)OC3(C)C)C2=O)CC1. The first-order valence-electron chi connectivity index (χ1n) is 8.97. The molecule has 0 aromatic carbocycles. The van der Waals surface area contributed by atoms with E-state index in [1.165, 1.54) is 4.90 Å². The Bertz CT molecular complexity index is 563. The molecule has 0 radical (unpaired) electrons. The van der Waals surface area contributed by atoms with Crippen LogP contribution in [-0.2, 0) is 9.53 Å². The van der Waals surface area contributed by atoms with Crippen LogP contribution < -0.4 is 5.32 Å². The van der Waals surface area contributed by atoms with E-state index in [2.05, 4.69) is 12.2 Å². The van der Waals surface area contributed by atoms with Gasteiger partial charge in [0.25, 0.3) is 5.91 Å². The third-order valence-electron chi connectivity index (χ3n) is 6.08. The van der Waals surface area contributed by atoms with Gasteiger partial charge in [0.15, 0.2) is 5.54 Å². The molecule has 0 aromatic rings. The summed E-state index contributed by atoms with van der Waals surface area (Å²) in [6.45, 7) is 9.80. The Morgan fingerprint density at radius 1 is 1.21 bits per heavy atom. The molecule has 2 heterocycles. The molecule has 2 saturated heterocycles. The molecule has 1 aliphatic carbocycles. The molecule has 2 aliphatic heterocycles. The Morgan fingerprint density at radius 3 is 2.29 bits per heavy atom. The summed E-state index contributed by atoms with van der Waals surface area (Å²) < 4.78 is 6.05. The van der Waals surface area contributed by atoms with E-state index in [0.717, 1.165) is 12.8 Å². The van der Waals surface area contributed by atoms with Crippen LogP contribution in [0.3, 0.4) is 0 Å². The summed E-state index contributed by atoms with van der Waals surface area (Å²) in [6.07, 6.45) is 3.54. The summed E-state index contributed by atoms with van der Waals surface area (Å²) in [6, 6.07) is -0.415. The molecule has 3 rings (SSSR count). The van der Waals surface area contributed by atoms with E-state index >= 15 is 0 Å². The molecule has 0 unspecified atom stereocenters. The fourth-order valence-electron chi connectivity index (χ4n) is 4.71. The Kier molecular flexibility index (Phi) is 3.81. The van der Waals surface area contributed by atoms with Gasteiger partial charge in [-0.15, -0.1) is 0 Å². The van der Waals surface area contributed by atoms with Gasteiger partial charge < -0.3 is 15.2 Å². The maximum Gasteiger partial charge on any atom is 0.325 e. The fourth-order valence-corrected chi connectivity index (χ4v) is 4.71. The number of carbonyl (C=O) groups is 2. The number of carbonyl (C=O) groups excluding carboxylic acids is 2. The number of ether oxygens (including phenoxy) is 1. The van der Waals surface area contributed by atoms with Gasteiger partial charge in [-0.3, -0.25) is 9.69 Å². The van der Waals surface area contributed by atoms with Crippen LogP contribution in [-0.4, -0.2) is 50.8 Å². The van der Waals surface area contributed by atoms with E-state index < -0.39 is 28.4 Å². The Labute approximate surface area is 143 Å². The smallest absolute Gasteiger partial charge is 0.325 e. The number of nitrogens with one attached hydrogen (secondary N) is 1. The van der Waals surface area contributed by atoms with Crippen LogP contribution in [0.1, 0.15) is 66.7 Å². The number of aliphatic hydroxyl groups is 1. The van der Waals surface area contributed by atoms with Crippen molar-refractivity contribution >= 4 is 11.9 Å². The molecular weight excluding hydrogens is 308 g/mol. The van der Waals surface area contributed by atoms with Crippen molar-refractivity contribution in [2.75, 3.05) is 6.54 Å². The van der Waals surface area contributed by atoms with Crippen LogP contribution >= 0.6 is 0 Å². The number of imide groups is 1. The third-order valence-corrected chi connectivity index (χ3v) is 6.08. The number of urea groups is 1. The van der Waals surface area contributed by atoms with E-state index in [0.29, 0.717) is 25.2 Å². The van der Waals surface area contributed by atoms with Crippen molar-refractivity contribution in [1.82, 2.24) is 10.2 Å². The zero-order chi connectivity index (χ0) is 18.0. The van der Waals surface area contributed by atoms with E-state index in [1.54, 1.807) is 0 Å².